The quantitative estimate of drug-likeness (QED) is 0.806. The van der Waals surface area contributed by atoms with Gasteiger partial charge in [0.15, 0.2) is 0 Å². The fourth-order valence-corrected chi connectivity index (χ4v) is 2.96. The number of carboxylic acids is 1. The molecule has 2 aliphatic rings. The molecule has 0 amide bonds. The molecule has 104 valence electrons. The lowest BCUT2D eigenvalue weighted by Crippen LogP contribution is -2.61. The van der Waals surface area contributed by atoms with Crippen LogP contribution in [0.1, 0.15) is 25.7 Å². The molecular weight excluding hydrogens is 249 g/mol. The highest BCUT2D eigenvalue weighted by molar-refractivity contribution is 5.79. The van der Waals surface area contributed by atoms with E-state index < -0.39 is 24.2 Å². The number of aliphatic carboxylic acids is 1. The molecule has 2 saturated heterocycles. The largest absolute Gasteiger partial charge is 0.480 e. The number of halogens is 3. The van der Waals surface area contributed by atoms with Crippen LogP contribution in [0.25, 0.3) is 0 Å². The Morgan fingerprint density at radius 1 is 1.44 bits per heavy atom. The summed E-state index contributed by atoms with van der Waals surface area (Å²) in [5.74, 6) is -1.17. The van der Waals surface area contributed by atoms with E-state index in [9.17, 15) is 23.1 Å². The summed E-state index contributed by atoms with van der Waals surface area (Å²) < 4.78 is 36.7. The maximum atomic E-state index is 12.2. The highest BCUT2D eigenvalue weighted by Crippen LogP contribution is 2.33. The van der Waals surface area contributed by atoms with E-state index in [0.717, 1.165) is 19.4 Å². The first-order chi connectivity index (χ1) is 8.32. The molecule has 0 spiro atoms. The van der Waals surface area contributed by atoms with Gasteiger partial charge >= 0.3 is 12.1 Å². The first-order valence-corrected chi connectivity index (χ1v) is 6.12. The molecule has 2 unspecified atom stereocenters. The van der Waals surface area contributed by atoms with Crippen LogP contribution in [-0.4, -0.2) is 53.4 Å². The topological polar surface area (TPSA) is 52.6 Å². The van der Waals surface area contributed by atoms with Crippen molar-refractivity contribution in [3.8, 4) is 0 Å². The van der Waals surface area contributed by atoms with E-state index >= 15 is 0 Å². The summed E-state index contributed by atoms with van der Waals surface area (Å²) in [5.41, 5.74) is -1.42. The van der Waals surface area contributed by atoms with Gasteiger partial charge in [0.05, 0.1) is 6.54 Å². The van der Waals surface area contributed by atoms with E-state index in [1.807, 2.05) is 0 Å². The normalized spacial score (nSPS) is 33.4. The maximum absolute atomic E-state index is 12.2. The molecule has 7 heteroatoms. The Labute approximate surface area is 103 Å². The zero-order chi connectivity index (χ0) is 13.4. The van der Waals surface area contributed by atoms with Crippen LogP contribution in [0.4, 0.5) is 13.2 Å². The number of alkyl halides is 3. The number of nitrogens with one attached hydrogen (secondary N) is 1. The van der Waals surface area contributed by atoms with E-state index in [1.165, 1.54) is 0 Å². The monoisotopic (exact) mass is 266 g/mol. The number of piperidine rings is 1. The third-order valence-corrected chi connectivity index (χ3v) is 3.95. The van der Waals surface area contributed by atoms with Crippen molar-refractivity contribution in [3.05, 3.63) is 0 Å². The van der Waals surface area contributed by atoms with Crippen molar-refractivity contribution in [3.63, 3.8) is 0 Å². The van der Waals surface area contributed by atoms with Crippen molar-refractivity contribution in [2.24, 2.45) is 0 Å². The van der Waals surface area contributed by atoms with Gasteiger partial charge in [-0.25, -0.2) is 0 Å². The summed E-state index contributed by atoms with van der Waals surface area (Å²) >= 11 is 0. The van der Waals surface area contributed by atoms with Gasteiger partial charge in [0.25, 0.3) is 0 Å². The van der Waals surface area contributed by atoms with Gasteiger partial charge in [0.1, 0.15) is 5.54 Å². The van der Waals surface area contributed by atoms with Crippen LogP contribution in [0.15, 0.2) is 0 Å². The molecule has 2 aliphatic heterocycles. The Kier molecular flexibility index (Phi) is 3.55. The van der Waals surface area contributed by atoms with Crippen molar-refractivity contribution in [1.29, 1.82) is 0 Å². The number of rotatable bonds is 3. The zero-order valence-corrected chi connectivity index (χ0v) is 9.96. The molecule has 0 aliphatic carbocycles. The van der Waals surface area contributed by atoms with Crippen LogP contribution in [0.3, 0.4) is 0 Å². The fourth-order valence-electron chi connectivity index (χ4n) is 2.96. The number of fused-ring (bicyclic) bond motifs is 1. The minimum absolute atomic E-state index is 0.107. The second kappa shape index (κ2) is 4.70. The summed E-state index contributed by atoms with van der Waals surface area (Å²) in [5, 5.41) is 11.5. The molecular formula is C11H17F3N2O2. The fraction of sp³-hybridized carbons (Fsp3) is 0.909. The Morgan fingerprint density at radius 2 is 2.17 bits per heavy atom. The lowest BCUT2D eigenvalue weighted by Gasteiger charge is -2.42. The lowest BCUT2D eigenvalue weighted by atomic mass is 9.83. The van der Waals surface area contributed by atoms with Crippen LogP contribution < -0.4 is 5.32 Å². The molecule has 0 aromatic rings. The summed E-state index contributed by atoms with van der Waals surface area (Å²) in [6.45, 7) is 0.244. The van der Waals surface area contributed by atoms with E-state index in [-0.39, 0.29) is 18.9 Å². The van der Waals surface area contributed by atoms with Crippen molar-refractivity contribution >= 4 is 5.97 Å². The molecule has 0 bridgehead atoms. The van der Waals surface area contributed by atoms with Gasteiger partial charge < -0.3 is 10.0 Å². The Hall–Kier alpha value is -0.820. The number of carbonyl (C=O) groups is 1. The molecule has 0 radical (unpaired) electrons. The molecule has 18 heavy (non-hydrogen) atoms. The molecule has 0 saturated carbocycles. The summed E-state index contributed by atoms with van der Waals surface area (Å²) in [4.78, 5) is 13.5. The molecule has 2 atom stereocenters. The Bertz CT molecular complexity index is 335. The molecule has 4 nitrogen and oxygen atoms in total. The standard InChI is InChI=1S/C11H17F3N2O2/c12-11(13,14)7-15-10(9(17)18)3-5-16-4-1-2-8(16)6-10/h8,15H,1-7H2,(H,17,18). The average Bonchev–Trinajstić information content (AvgIpc) is 2.71. The van der Waals surface area contributed by atoms with Crippen LogP contribution in [0, 0.1) is 0 Å². The van der Waals surface area contributed by atoms with Gasteiger partial charge in [-0.15, -0.1) is 0 Å². The van der Waals surface area contributed by atoms with E-state index in [4.69, 9.17) is 0 Å². The summed E-state index contributed by atoms with van der Waals surface area (Å²) in [6, 6.07) is 0.107. The average molecular weight is 266 g/mol. The number of carboxylic acid groups (broad SMARTS) is 1. The van der Waals surface area contributed by atoms with Gasteiger partial charge in [0.2, 0.25) is 0 Å². The number of hydrogen-bond donors (Lipinski definition) is 2. The Morgan fingerprint density at radius 3 is 2.78 bits per heavy atom. The molecule has 2 heterocycles. The van der Waals surface area contributed by atoms with Gasteiger partial charge in [-0.3, -0.25) is 10.1 Å². The molecule has 0 aromatic carbocycles. The van der Waals surface area contributed by atoms with E-state index in [0.29, 0.717) is 6.54 Å². The predicted octanol–water partition coefficient (Wildman–Crippen LogP) is 1.22. The second-order valence-electron chi connectivity index (χ2n) is 5.14. The van der Waals surface area contributed by atoms with Crippen LogP contribution in [0.5, 0.6) is 0 Å². The first kappa shape index (κ1) is 13.6. The van der Waals surface area contributed by atoms with E-state index in [1.54, 1.807) is 0 Å². The number of hydrogen-bond acceptors (Lipinski definition) is 3. The highest BCUT2D eigenvalue weighted by atomic mass is 19.4. The Balaban J connectivity index is 2.05. The summed E-state index contributed by atoms with van der Waals surface area (Å²) in [7, 11) is 0. The molecule has 2 rings (SSSR count). The van der Waals surface area contributed by atoms with Crippen molar-refractivity contribution in [1.82, 2.24) is 10.2 Å². The highest BCUT2D eigenvalue weighted by Gasteiger charge is 2.48. The predicted molar refractivity (Wildman–Crippen MR) is 58.3 cm³/mol. The van der Waals surface area contributed by atoms with Crippen molar-refractivity contribution < 1.29 is 23.1 Å². The minimum atomic E-state index is -4.38. The first-order valence-electron chi connectivity index (χ1n) is 6.12. The second-order valence-corrected chi connectivity index (χ2v) is 5.14. The smallest absolute Gasteiger partial charge is 0.401 e. The molecule has 2 fully saturated rings. The van der Waals surface area contributed by atoms with Crippen molar-refractivity contribution in [2.75, 3.05) is 19.6 Å². The number of nitrogens with zero attached hydrogens (tertiary/aromatic N) is 1. The van der Waals surface area contributed by atoms with Crippen LogP contribution in [0.2, 0.25) is 0 Å². The molecule has 0 aromatic heterocycles. The van der Waals surface area contributed by atoms with Gasteiger partial charge in [-0.1, -0.05) is 0 Å². The lowest BCUT2D eigenvalue weighted by molar-refractivity contribution is -0.154. The van der Waals surface area contributed by atoms with E-state index in [2.05, 4.69) is 10.2 Å². The zero-order valence-electron chi connectivity index (χ0n) is 9.96. The van der Waals surface area contributed by atoms with Crippen LogP contribution in [-0.2, 0) is 4.79 Å². The minimum Gasteiger partial charge on any atom is -0.480 e. The van der Waals surface area contributed by atoms with Gasteiger partial charge in [-0.05, 0) is 32.2 Å². The molecule has 2 N–H and O–H groups in total. The summed E-state index contributed by atoms with van der Waals surface area (Å²) in [6.07, 6.45) is -2.01. The van der Waals surface area contributed by atoms with Crippen molar-refractivity contribution in [2.45, 2.75) is 43.4 Å². The maximum Gasteiger partial charge on any atom is 0.401 e. The van der Waals surface area contributed by atoms with Gasteiger partial charge in [0, 0.05) is 12.6 Å². The van der Waals surface area contributed by atoms with Crippen LogP contribution >= 0.6 is 0 Å². The van der Waals surface area contributed by atoms with Gasteiger partial charge in [-0.2, -0.15) is 13.2 Å². The third-order valence-electron chi connectivity index (χ3n) is 3.95. The third kappa shape index (κ3) is 2.77. The SMILES string of the molecule is O=C(O)C1(NCC(F)(F)F)CCN2CCCC2C1.